The summed E-state index contributed by atoms with van der Waals surface area (Å²) < 4.78 is 5.37. The van der Waals surface area contributed by atoms with Crippen molar-refractivity contribution in [3.63, 3.8) is 0 Å². The molecule has 0 radical (unpaired) electrons. The average molecular weight is 492 g/mol. The zero-order valence-corrected chi connectivity index (χ0v) is 22.3. The smallest absolute Gasteiger partial charge is 0.223 e. The van der Waals surface area contributed by atoms with E-state index in [4.69, 9.17) is 4.74 Å². The Labute approximate surface area is 218 Å². The van der Waals surface area contributed by atoms with Crippen LogP contribution in [0.15, 0.2) is 48.5 Å². The summed E-state index contributed by atoms with van der Waals surface area (Å²) in [5, 5.41) is 0. The van der Waals surface area contributed by atoms with E-state index in [1.54, 1.807) is 0 Å². The van der Waals surface area contributed by atoms with E-state index in [1.807, 2.05) is 29.2 Å². The molecule has 0 atom stereocenters. The highest BCUT2D eigenvalue weighted by Crippen LogP contribution is 2.29. The first kappa shape index (κ1) is 28.0. The third-order valence-corrected chi connectivity index (χ3v) is 7.42. The van der Waals surface area contributed by atoms with Crippen molar-refractivity contribution in [1.82, 2.24) is 4.90 Å². The molecule has 0 unspecified atom stereocenters. The van der Waals surface area contributed by atoms with Crippen molar-refractivity contribution in [1.29, 1.82) is 0 Å². The van der Waals surface area contributed by atoms with Gasteiger partial charge in [0.2, 0.25) is 5.91 Å². The van der Waals surface area contributed by atoms with Gasteiger partial charge in [0.25, 0.3) is 0 Å². The number of carbonyl (C=O) groups excluding carboxylic acids is 2. The van der Waals surface area contributed by atoms with Crippen molar-refractivity contribution in [2.75, 3.05) is 6.61 Å². The van der Waals surface area contributed by atoms with E-state index in [1.165, 1.54) is 75.3 Å². The lowest BCUT2D eigenvalue weighted by molar-refractivity contribution is -0.132. The lowest BCUT2D eigenvalue weighted by Gasteiger charge is -2.24. The second-order valence-electron chi connectivity index (χ2n) is 10.4. The molecule has 0 spiro atoms. The third kappa shape index (κ3) is 10.2. The number of aryl methyl sites for hydroxylation is 1. The predicted octanol–water partition coefficient (Wildman–Crippen LogP) is 7.67. The largest absolute Gasteiger partial charge is 0.486 e. The van der Waals surface area contributed by atoms with Gasteiger partial charge in [-0.15, -0.1) is 0 Å². The molecule has 0 aromatic heterocycles. The minimum atomic E-state index is 0.0555. The first-order valence-electron chi connectivity index (χ1n) is 14.2. The Morgan fingerprint density at radius 2 is 1.44 bits per heavy atom. The standard InChI is InChI=1S/C32H45NO3/c1-2-3-4-5-6-7-10-28-13-15-29(16-14-28)25-33(32(35)22-19-27-11-8-9-12-27)26-30-17-20-31(21-18-30)36-24-23-34/h13-18,20-21,23,27H,2-12,19,22,24-26H2,1H3. The SMILES string of the molecule is CCCCCCCCc1ccc(CN(Cc2ccc(OCC=O)cc2)C(=O)CCC2CCCC2)cc1. The average Bonchev–Trinajstić information content (AvgIpc) is 3.43. The molecule has 36 heavy (non-hydrogen) atoms. The number of nitrogens with zero attached hydrogens (tertiary/aromatic N) is 1. The fraction of sp³-hybridized carbons (Fsp3) is 0.562. The first-order valence-corrected chi connectivity index (χ1v) is 14.2. The number of rotatable bonds is 17. The fourth-order valence-corrected chi connectivity index (χ4v) is 5.20. The maximum absolute atomic E-state index is 13.3. The van der Waals surface area contributed by atoms with Crippen molar-refractivity contribution in [2.45, 2.75) is 103 Å². The number of hydrogen-bond donors (Lipinski definition) is 0. The molecule has 0 aliphatic heterocycles. The summed E-state index contributed by atoms with van der Waals surface area (Å²) in [5.74, 6) is 1.62. The van der Waals surface area contributed by atoms with Crippen LogP contribution in [0.2, 0.25) is 0 Å². The van der Waals surface area contributed by atoms with Gasteiger partial charge in [0.05, 0.1) is 0 Å². The molecule has 196 valence electrons. The molecule has 0 N–H and O–H groups in total. The van der Waals surface area contributed by atoms with Gasteiger partial charge in [-0.25, -0.2) is 0 Å². The summed E-state index contributed by atoms with van der Waals surface area (Å²) in [6, 6.07) is 16.6. The Bertz CT molecular complexity index is 885. The van der Waals surface area contributed by atoms with Crippen molar-refractivity contribution in [3.05, 3.63) is 65.2 Å². The second kappa shape index (κ2) is 16.2. The van der Waals surface area contributed by atoms with Gasteiger partial charge < -0.3 is 9.64 Å². The van der Waals surface area contributed by atoms with Gasteiger partial charge in [-0.2, -0.15) is 0 Å². The summed E-state index contributed by atoms with van der Waals surface area (Å²) in [7, 11) is 0. The quantitative estimate of drug-likeness (QED) is 0.168. The minimum Gasteiger partial charge on any atom is -0.486 e. The second-order valence-corrected chi connectivity index (χ2v) is 10.4. The van der Waals surface area contributed by atoms with Crippen LogP contribution in [0.3, 0.4) is 0 Å². The summed E-state index contributed by atoms with van der Waals surface area (Å²) in [6.45, 7) is 3.52. The lowest BCUT2D eigenvalue weighted by Crippen LogP contribution is -2.30. The van der Waals surface area contributed by atoms with Crippen LogP contribution in [0.25, 0.3) is 0 Å². The predicted molar refractivity (Wildman–Crippen MR) is 147 cm³/mol. The van der Waals surface area contributed by atoms with Crippen molar-refractivity contribution < 1.29 is 14.3 Å². The van der Waals surface area contributed by atoms with Crippen molar-refractivity contribution in [3.8, 4) is 5.75 Å². The number of amides is 1. The van der Waals surface area contributed by atoms with Gasteiger partial charge in [0.15, 0.2) is 6.29 Å². The summed E-state index contributed by atoms with van der Waals surface area (Å²) in [5.41, 5.74) is 3.64. The molecule has 2 aromatic carbocycles. The molecule has 4 heteroatoms. The highest BCUT2D eigenvalue weighted by Gasteiger charge is 2.20. The highest BCUT2D eigenvalue weighted by molar-refractivity contribution is 5.76. The summed E-state index contributed by atoms with van der Waals surface area (Å²) >= 11 is 0. The van der Waals surface area contributed by atoms with Gasteiger partial charge in [-0.3, -0.25) is 9.59 Å². The van der Waals surface area contributed by atoms with Gasteiger partial charge in [-0.05, 0) is 54.0 Å². The number of hydrogen-bond acceptors (Lipinski definition) is 3. The molecule has 3 rings (SSSR count). The van der Waals surface area contributed by atoms with Crippen LogP contribution in [0, 0.1) is 5.92 Å². The van der Waals surface area contributed by atoms with E-state index in [0.29, 0.717) is 31.2 Å². The fourth-order valence-electron chi connectivity index (χ4n) is 5.20. The van der Waals surface area contributed by atoms with Crippen LogP contribution in [0.5, 0.6) is 5.75 Å². The van der Waals surface area contributed by atoms with Crippen molar-refractivity contribution in [2.24, 2.45) is 5.92 Å². The number of benzene rings is 2. The van der Waals surface area contributed by atoms with Crippen LogP contribution < -0.4 is 4.74 Å². The number of ether oxygens (including phenoxy) is 1. The molecule has 1 fully saturated rings. The molecule has 1 aliphatic carbocycles. The molecule has 1 amide bonds. The summed E-state index contributed by atoms with van der Waals surface area (Å²) in [6.07, 6.45) is 16.6. The highest BCUT2D eigenvalue weighted by atomic mass is 16.5. The number of aldehydes is 1. The van der Waals surface area contributed by atoms with Crippen LogP contribution in [-0.2, 0) is 29.1 Å². The van der Waals surface area contributed by atoms with Gasteiger partial charge in [0, 0.05) is 19.5 Å². The topological polar surface area (TPSA) is 46.6 Å². The van der Waals surface area contributed by atoms with Crippen LogP contribution in [-0.4, -0.2) is 23.7 Å². The summed E-state index contributed by atoms with van der Waals surface area (Å²) in [4.78, 5) is 25.8. The first-order chi connectivity index (χ1) is 17.7. The molecular weight excluding hydrogens is 446 g/mol. The molecule has 4 nitrogen and oxygen atoms in total. The Morgan fingerprint density at radius 1 is 0.861 bits per heavy atom. The Kier molecular flexibility index (Phi) is 12.6. The van der Waals surface area contributed by atoms with E-state index < -0.39 is 0 Å². The molecule has 1 aliphatic rings. The molecule has 0 bridgehead atoms. The molecule has 0 saturated heterocycles. The lowest BCUT2D eigenvalue weighted by atomic mass is 10.0. The maximum Gasteiger partial charge on any atom is 0.223 e. The third-order valence-electron chi connectivity index (χ3n) is 7.42. The van der Waals surface area contributed by atoms with Gasteiger partial charge in [-0.1, -0.05) is 101 Å². The van der Waals surface area contributed by atoms with Crippen molar-refractivity contribution >= 4 is 12.2 Å². The molecular formula is C32H45NO3. The maximum atomic E-state index is 13.3. The number of carbonyl (C=O) groups is 2. The van der Waals surface area contributed by atoms with Crippen LogP contribution in [0.1, 0.15) is 101 Å². The Balaban J connectivity index is 1.57. The molecule has 1 saturated carbocycles. The van der Waals surface area contributed by atoms with Gasteiger partial charge in [0.1, 0.15) is 12.4 Å². The van der Waals surface area contributed by atoms with E-state index in [9.17, 15) is 9.59 Å². The van der Waals surface area contributed by atoms with E-state index in [2.05, 4.69) is 31.2 Å². The number of unbranched alkanes of at least 4 members (excludes halogenated alkanes) is 5. The Hall–Kier alpha value is -2.62. The van der Waals surface area contributed by atoms with E-state index in [0.717, 1.165) is 24.7 Å². The minimum absolute atomic E-state index is 0.0555. The zero-order chi connectivity index (χ0) is 25.4. The van der Waals surface area contributed by atoms with Crippen LogP contribution in [0.4, 0.5) is 0 Å². The monoisotopic (exact) mass is 491 g/mol. The molecule has 0 heterocycles. The van der Waals surface area contributed by atoms with Gasteiger partial charge >= 0.3 is 0 Å². The molecule has 2 aromatic rings. The zero-order valence-electron chi connectivity index (χ0n) is 22.3. The van der Waals surface area contributed by atoms with Crippen LogP contribution >= 0.6 is 0 Å². The Morgan fingerprint density at radius 3 is 2.08 bits per heavy atom. The van der Waals surface area contributed by atoms with E-state index in [-0.39, 0.29) is 12.5 Å². The van der Waals surface area contributed by atoms with E-state index >= 15 is 0 Å². The normalized spacial score (nSPS) is 13.6.